The molecule has 92 valence electrons. The molecule has 2 N–H and O–H groups in total. The van der Waals surface area contributed by atoms with Gasteiger partial charge in [-0.25, -0.2) is 0 Å². The van der Waals surface area contributed by atoms with Gasteiger partial charge in [0.05, 0.1) is 0 Å². The van der Waals surface area contributed by atoms with E-state index in [1.54, 1.807) is 0 Å². The van der Waals surface area contributed by atoms with Crippen LogP contribution in [0.4, 0.5) is 0 Å². The molecule has 0 heterocycles. The Hall–Kier alpha value is -0.0400. The molecule has 0 saturated heterocycles. The zero-order chi connectivity index (χ0) is 11.6. The molecule has 4 fully saturated rings. The highest BCUT2D eigenvalue weighted by molar-refractivity contribution is 5.06. The van der Waals surface area contributed by atoms with Gasteiger partial charge in [-0.05, 0) is 73.2 Å². The molecule has 0 aromatic carbocycles. The van der Waals surface area contributed by atoms with Crippen molar-refractivity contribution >= 4 is 0 Å². The molecular formula is C15H27N. The lowest BCUT2D eigenvalue weighted by molar-refractivity contribution is -0.122. The van der Waals surface area contributed by atoms with Crippen LogP contribution in [0.25, 0.3) is 0 Å². The topological polar surface area (TPSA) is 26.0 Å². The van der Waals surface area contributed by atoms with Crippen molar-refractivity contribution in [1.29, 1.82) is 0 Å². The summed E-state index contributed by atoms with van der Waals surface area (Å²) in [5, 5.41) is 0. The first-order chi connectivity index (χ1) is 7.43. The van der Waals surface area contributed by atoms with Crippen LogP contribution in [0.2, 0.25) is 0 Å². The van der Waals surface area contributed by atoms with Crippen molar-refractivity contribution in [3.05, 3.63) is 0 Å². The van der Waals surface area contributed by atoms with E-state index < -0.39 is 0 Å². The summed E-state index contributed by atoms with van der Waals surface area (Å²) in [4.78, 5) is 0. The van der Waals surface area contributed by atoms with Crippen LogP contribution in [0.5, 0.6) is 0 Å². The Labute approximate surface area is 100 Å². The Bertz CT molecular complexity index is 278. The van der Waals surface area contributed by atoms with Gasteiger partial charge in [-0.3, -0.25) is 0 Å². The second-order valence-corrected chi connectivity index (χ2v) is 8.00. The average Bonchev–Trinajstić information content (AvgIpc) is 2.13. The summed E-state index contributed by atoms with van der Waals surface area (Å²) in [7, 11) is 0. The smallest absolute Gasteiger partial charge is 0.00230 e. The predicted octanol–water partition coefficient (Wildman–Crippen LogP) is 3.43. The standard InChI is InChI=1S/C15H27N/c1-14(2,9-16)13-11-4-10-5-12(13)8-15(3,6-10)7-11/h10-13H,4-9,16H2,1-3H3. The van der Waals surface area contributed by atoms with E-state index in [9.17, 15) is 0 Å². The third-order valence-electron chi connectivity index (χ3n) is 6.01. The number of hydrogen-bond acceptors (Lipinski definition) is 1. The molecule has 1 nitrogen and oxygen atoms in total. The molecule has 4 aliphatic carbocycles. The van der Waals surface area contributed by atoms with Crippen molar-refractivity contribution in [1.82, 2.24) is 0 Å². The monoisotopic (exact) mass is 221 g/mol. The maximum atomic E-state index is 6.02. The molecule has 0 aromatic heterocycles. The first-order valence-electron chi connectivity index (χ1n) is 7.14. The third-order valence-corrected chi connectivity index (χ3v) is 6.01. The lowest BCUT2D eigenvalue weighted by atomic mass is 9.43. The van der Waals surface area contributed by atoms with Crippen LogP contribution >= 0.6 is 0 Å². The van der Waals surface area contributed by atoms with Gasteiger partial charge in [-0.1, -0.05) is 20.8 Å². The molecule has 4 rings (SSSR count). The molecule has 4 aliphatic rings. The molecule has 4 saturated carbocycles. The molecule has 0 aliphatic heterocycles. The van der Waals surface area contributed by atoms with Crippen LogP contribution in [-0.2, 0) is 0 Å². The van der Waals surface area contributed by atoms with Gasteiger partial charge in [-0.2, -0.15) is 0 Å². The van der Waals surface area contributed by atoms with Crippen molar-refractivity contribution in [2.24, 2.45) is 40.2 Å². The first kappa shape index (κ1) is 11.1. The number of rotatable bonds is 2. The van der Waals surface area contributed by atoms with Gasteiger partial charge in [0.15, 0.2) is 0 Å². The van der Waals surface area contributed by atoms with Crippen LogP contribution in [0.15, 0.2) is 0 Å². The molecule has 2 atom stereocenters. The van der Waals surface area contributed by atoms with Crippen LogP contribution in [0.1, 0.15) is 52.9 Å². The molecule has 2 unspecified atom stereocenters. The summed E-state index contributed by atoms with van der Waals surface area (Å²) >= 11 is 0. The van der Waals surface area contributed by atoms with Crippen LogP contribution in [0.3, 0.4) is 0 Å². The van der Waals surface area contributed by atoms with Gasteiger partial charge < -0.3 is 5.73 Å². The van der Waals surface area contributed by atoms with Crippen molar-refractivity contribution in [3.8, 4) is 0 Å². The summed E-state index contributed by atoms with van der Waals surface area (Å²) in [6.07, 6.45) is 7.54. The largest absolute Gasteiger partial charge is 0.330 e. The summed E-state index contributed by atoms with van der Waals surface area (Å²) in [5.41, 5.74) is 7.10. The minimum atomic E-state index is 0.374. The fraction of sp³-hybridized carbons (Fsp3) is 1.00. The molecular weight excluding hydrogens is 194 g/mol. The van der Waals surface area contributed by atoms with Crippen molar-refractivity contribution in [2.75, 3.05) is 6.54 Å². The molecule has 16 heavy (non-hydrogen) atoms. The average molecular weight is 221 g/mol. The molecule has 4 bridgehead atoms. The normalized spacial score (nSPS) is 51.0. The third kappa shape index (κ3) is 1.47. The SMILES string of the molecule is CC12CC3CC(C1)C(C(C)(C)CN)C(C3)C2. The van der Waals surface area contributed by atoms with Crippen LogP contribution in [0, 0.1) is 34.5 Å². The Morgan fingerprint density at radius 1 is 1.12 bits per heavy atom. The Balaban J connectivity index is 1.89. The molecule has 1 heteroatoms. The molecule has 0 amide bonds. The Kier molecular flexibility index (Phi) is 2.25. The van der Waals surface area contributed by atoms with E-state index in [1.165, 1.54) is 32.1 Å². The highest BCUT2D eigenvalue weighted by Gasteiger charge is 2.56. The zero-order valence-corrected chi connectivity index (χ0v) is 11.1. The molecule has 0 spiro atoms. The molecule has 0 aromatic rings. The lowest BCUT2D eigenvalue weighted by Crippen LogP contribution is -2.55. The number of hydrogen-bond donors (Lipinski definition) is 1. The lowest BCUT2D eigenvalue weighted by Gasteiger charge is -2.62. The summed E-state index contributed by atoms with van der Waals surface area (Å²) in [5.74, 6) is 3.97. The second-order valence-electron chi connectivity index (χ2n) is 8.00. The van der Waals surface area contributed by atoms with Gasteiger partial charge >= 0.3 is 0 Å². The van der Waals surface area contributed by atoms with Crippen molar-refractivity contribution in [3.63, 3.8) is 0 Å². The minimum Gasteiger partial charge on any atom is -0.330 e. The van der Waals surface area contributed by atoms with E-state index >= 15 is 0 Å². The van der Waals surface area contributed by atoms with E-state index in [4.69, 9.17) is 5.73 Å². The highest BCUT2D eigenvalue weighted by atomic mass is 14.7. The van der Waals surface area contributed by atoms with Crippen molar-refractivity contribution < 1.29 is 0 Å². The van der Waals surface area contributed by atoms with E-state index in [1.807, 2.05) is 0 Å². The van der Waals surface area contributed by atoms with Gasteiger partial charge in [0.1, 0.15) is 0 Å². The van der Waals surface area contributed by atoms with E-state index in [2.05, 4.69) is 20.8 Å². The fourth-order valence-corrected chi connectivity index (χ4v) is 5.84. The van der Waals surface area contributed by atoms with Gasteiger partial charge in [-0.15, -0.1) is 0 Å². The fourth-order valence-electron chi connectivity index (χ4n) is 5.84. The van der Waals surface area contributed by atoms with Crippen molar-refractivity contribution in [2.45, 2.75) is 52.9 Å². The first-order valence-corrected chi connectivity index (χ1v) is 7.14. The summed E-state index contributed by atoms with van der Waals surface area (Å²) in [6, 6.07) is 0. The number of nitrogens with two attached hydrogens (primary N) is 1. The van der Waals surface area contributed by atoms with Gasteiger partial charge in [0, 0.05) is 0 Å². The maximum Gasteiger partial charge on any atom is -0.00230 e. The summed E-state index contributed by atoms with van der Waals surface area (Å²) < 4.78 is 0. The Morgan fingerprint density at radius 3 is 2.12 bits per heavy atom. The van der Waals surface area contributed by atoms with E-state index in [-0.39, 0.29) is 0 Å². The van der Waals surface area contributed by atoms with E-state index in [0.29, 0.717) is 10.8 Å². The summed E-state index contributed by atoms with van der Waals surface area (Å²) in [6.45, 7) is 8.22. The Morgan fingerprint density at radius 2 is 1.69 bits per heavy atom. The molecule has 0 radical (unpaired) electrons. The quantitative estimate of drug-likeness (QED) is 0.759. The predicted molar refractivity (Wildman–Crippen MR) is 68.0 cm³/mol. The van der Waals surface area contributed by atoms with Crippen LogP contribution in [-0.4, -0.2) is 6.54 Å². The van der Waals surface area contributed by atoms with Gasteiger partial charge in [0.2, 0.25) is 0 Å². The highest BCUT2D eigenvalue weighted by Crippen LogP contribution is 2.64. The maximum absolute atomic E-state index is 6.02. The van der Waals surface area contributed by atoms with Crippen LogP contribution < -0.4 is 5.73 Å². The second kappa shape index (κ2) is 3.25. The van der Waals surface area contributed by atoms with E-state index in [0.717, 1.165) is 30.2 Å². The van der Waals surface area contributed by atoms with Gasteiger partial charge in [0.25, 0.3) is 0 Å². The minimum absolute atomic E-state index is 0.374. The zero-order valence-electron chi connectivity index (χ0n) is 11.1.